The molecule has 0 aliphatic carbocycles. The van der Waals surface area contributed by atoms with E-state index in [2.05, 4.69) is 17.2 Å². The Bertz CT molecular complexity index is 1000. The number of piperidine rings is 2. The van der Waals surface area contributed by atoms with Crippen molar-refractivity contribution in [2.24, 2.45) is 5.92 Å². The van der Waals surface area contributed by atoms with E-state index in [0.717, 1.165) is 32.0 Å². The molecule has 0 saturated carbocycles. The molecule has 180 valence electrons. The molecule has 1 aromatic heterocycles. The van der Waals surface area contributed by atoms with Crippen LogP contribution in [0.4, 0.5) is 27.6 Å². The average molecular weight is 470 g/mol. The van der Waals surface area contributed by atoms with Gasteiger partial charge in [0.05, 0.1) is 30.2 Å². The number of likely N-dealkylation sites (tertiary alicyclic amines) is 1. The first kappa shape index (κ1) is 23.7. The zero-order chi connectivity index (χ0) is 23.8. The van der Waals surface area contributed by atoms with E-state index in [1.165, 1.54) is 29.3 Å². The van der Waals surface area contributed by atoms with Crippen LogP contribution in [-0.2, 0) is 11.0 Å². The van der Waals surface area contributed by atoms with Gasteiger partial charge >= 0.3 is 6.18 Å². The Balaban J connectivity index is 1.53. The maximum Gasteiger partial charge on any atom is 0.418 e. The molecule has 10 heteroatoms. The van der Waals surface area contributed by atoms with Gasteiger partial charge in [-0.3, -0.25) is 14.7 Å². The normalized spacial score (nSPS) is 22.5. The van der Waals surface area contributed by atoms with Crippen LogP contribution in [0, 0.1) is 5.92 Å². The molecule has 2 aliphatic rings. The summed E-state index contributed by atoms with van der Waals surface area (Å²) in [7, 11) is 0. The SMILES string of the molecule is CC1CCN(CC(=O)NC2CN(c3ccc(C(F)(F)F)c4ncccc34)CC(F)(F)C2)CC1. The number of carbonyl (C=O) groups is 1. The highest BCUT2D eigenvalue weighted by Crippen LogP contribution is 2.39. The van der Waals surface area contributed by atoms with Gasteiger partial charge in [0.25, 0.3) is 5.92 Å². The molecule has 2 aliphatic heterocycles. The zero-order valence-electron chi connectivity index (χ0n) is 18.3. The van der Waals surface area contributed by atoms with E-state index < -0.39 is 36.7 Å². The predicted octanol–water partition coefficient (Wildman–Crippen LogP) is 4.32. The van der Waals surface area contributed by atoms with Gasteiger partial charge in [0.1, 0.15) is 0 Å². The standard InChI is InChI=1S/C23H27F5N4O/c1-15-6-9-31(10-7-15)13-20(33)30-16-11-22(24,25)14-32(12-16)19-5-4-18(23(26,27)28)21-17(19)3-2-8-29-21/h2-5,8,15-16H,6-7,9-14H2,1H3,(H,30,33). The molecule has 0 spiro atoms. The van der Waals surface area contributed by atoms with E-state index in [1.54, 1.807) is 0 Å². The highest BCUT2D eigenvalue weighted by molar-refractivity contribution is 5.94. The third kappa shape index (κ3) is 5.54. The van der Waals surface area contributed by atoms with Gasteiger partial charge in [-0.1, -0.05) is 6.92 Å². The van der Waals surface area contributed by atoms with Crippen LogP contribution in [0.3, 0.4) is 0 Å². The minimum Gasteiger partial charge on any atom is -0.363 e. The Hall–Kier alpha value is -2.49. The molecule has 1 unspecified atom stereocenters. The third-order valence-corrected chi connectivity index (χ3v) is 6.41. The zero-order valence-corrected chi connectivity index (χ0v) is 18.3. The number of anilines is 1. The number of amides is 1. The second kappa shape index (κ2) is 9.04. The van der Waals surface area contributed by atoms with E-state index >= 15 is 0 Å². The molecule has 1 N–H and O–H groups in total. The molecular formula is C23H27F5N4O. The molecule has 1 atom stereocenters. The average Bonchev–Trinajstić information content (AvgIpc) is 2.72. The van der Waals surface area contributed by atoms with Crippen molar-refractivity contribution in [3.05, 3.63) is 36.0 Å². The van der Waals surface area contributed by atoms with Crippen LogP contribution in [0.25, 0.3) is 10.9 Å². The van der Waals surface area contributed by atoms with Crippen LogP contribution >= 0.6 is 0 Å². The first-order valence-corrected chi connectivity index (χ1v) is 11.1. The minimum atomic E-state index is -4.61. The summed E-state index contributed by atoms with van der Waals surface area (Å²) in [5.41, 5.74) is -0.947. The largest absolute Gasteiger partial charge is 0.418 e. The van der Waals surface area contributed by atoms with Gasteiger partial charge in [0.15, 0.2) is 0 Å². The number of fused-ring (bicyclic) bond motifs is 1. The molecule has 0 bridgehead atoms. The monoisotopic (exact) mass is 470 g/mol. The fraction of sp³-hybridized carbons (Fsp3) is 0.565. The van der Waals surface area contributed by atoms with Crippen LogP contribution in [0.15, 0.2) is 30.5 Å². The lowest BCUT2D eigenvalue weighted by Crippen LogP contribution is -2.56. The number of nitrogens with zero attached hydrogens (tertiary/aromatic N) is 3. The number of hydrogen-bond acceptors (Lipinski definition) is 4. The maximum atomic E-state index is 14.6. The molecule has 4 rings (SSSR count). The van der Waals surface area contributed by atoms with Crippen molar-refractivity contribution in [1.29, 1.82) is 0 Å². The topological polar surface area (TPSA) is 48.5 Å². The molecule has 1 aromatic carbocycles. The van der Waals surface area contributed by atoms with Crippen molar-refractivity contribution in [2.75, 3.05) is 37.6 Å². The van der Waals surface area contributed by atoms with Gasteiger partial charge in [0.2, 0.25) is 5.91 Å². The second-order valence-electron chi connectivity index (χ2n) is 9.19. The van der Waals surface area contributed by atoms with E-state index in [0.29, 0.717) is 5.92 Å². The number of pyridine rings is 1. The van der Waals surface area contributed by atoms with Crippen molar-refractivity contribution in [3.8, 4) is 0 Å². The second-order valence-corrected chi connectivity index (χ2v) is 9.19. The van der Waals surface area contributed by atoms with Crippen LogP contribution < -0.4 is 10.2 Å². The molecular weight excluding hydrogens is 443 g/mol. The Kier molecular flexibility index (Phi) is 6.48. The molecule has 2 aromatic rings. The Labute approximate surface area is 188 Å². The van der Waals surface area contributed by atoms with Crippen molar-refractivity contribution in [3.63, 3.8) is 0 Å². The van der Waals surface area contributed by atoms with E-state index in [9.17, 15) is 26.7 Å². The van der Waals surface area contributed by atoms with Crippen molar-refractivity contribution >= 4 is 22.5 Å². The van der Waals surface area contributed by atoms with Crippen molar-refractivity contribution in [2.45, 2.75) is 44.3 Å². The number of rotatable bonds is 4. The Morgan fingerprint density at radius 2 is 1.94 bits per heavy atom. The molecule has 3 heterocycles. The summed E-state index contributed by atoms with van der Waals surface area (Å²) in [6, 6.07) is 4.20. The van der Waals surface area contributed by atoms with Crippen molar-refractivity contribution in [1.82, 2.24) is 15.2 Å². The summed E-state index contributed by atoms with van der Waals surface area (Å²) in [4.78, 5) is 19.8. The Morgan fingerprint density at radius 1 is 1.21 bits per heavy atom. The fourth-order valence-electron chi connectivity index (χ4n) is 4.74. The van der Waals surface area contributed by atoms with Gasteiger partial charge in [-0.2, -0.15) is 13.2 Å². The lowest BCUT2D eigenvalue weighted by molar-refractivity contribution is -0.136. The van der Waals surface area contributed by atoms with Gasteiger partial charge in [-0.25, -0.2) is 8.78 Å². The number of hydrogen-bond donors (Lipinski definition) is 1. The number of carbonyl (C=O) groups excluding carboxylic acids is 1. The number of halogens is 5. The van der Waals surface area contributed by atoms with Crippen LogP contribution in [0.2, 0.25) is 0 Å². The molecule has 1 amide bonds. The van der Waals surface area contributed by atoms with Gasteiger partial charge in [-0.05, 0) is 56.1 Å². The van der Waals surface area contributed by atoms with Crippen LogP contribution in [-0.4, -0.2) is 60.5 Å². The fourth-order valence-corrected chi connectivity index (χ4v) is 4.74. The summed E-state index contributed by atoms with van der Waals surface area (Å²) >= 11 is 0. The smallest absolute Gasteiger partial charge is 0.363 e. The molecule has 2 saturated heterocycles. The first-order valence-electron chi connectivity index (χ1n) is 11.1. The number of alkyl halides is 5. The third-order valence-electron chi connectivity index (χ3n) is 6.41. The maximum absolute atomic E-state index is 14.6. The van der Waals surface area contributed by atoms with E-state index in [1.807, 2.05) is 4.90 Å². The van der Waals surface area contributed by atoms with E-state index in [-0.39, 0.29) is 35.6 Å². The highest BCUT2D eigenvalue weighted by atomic mass is 19.4. The quantitative estimate of drug-likeness (QED) is 0.677. The number of aromatic nitrogens is 1. The van der Waals surface area contributed by atoms with Crippen molar-refractivity contribution < 1.29 is 26.7 Å². The molecule has 0 radical (unpaired) electrons. The van der Waals surface area contributed by atoms with Gasteiger partial charge < -0.3 is 10.2 Å². The summed E-state index contributed by atoms with van der Waals surface area (Å²) in [6.07, 6.45) is -1.88. The molecule has 5 nitrogen and oxygen atoms in total. The molecule has 2 fully saturated rings. The Morgan fingerprint density at radius 3 is 2.64 bits per heavy atom. The number of nitrogens with one attached hydrogen (secondary N) is 1. The van der Waals surface area contributed by atoms with Crippen LogP contribution in [0.1, 0.15) is 31.7 Å². The highest BCUT2D eigenvalue weighted by Gasteiger charge is 2.42. The number of benzene rings is 1. The first-order chi connectivity index (χ1) is 15.5. The van der Waals surface area contributed by atoms with Gasteiger partial charge in [-0.15, -0.1) is 0 Å². The summed E-state index contributed by atoms with van der Waals surface area (Å²) in [5.74, 6) is -2.80. The predicted molar refractivity (Wildman–Crippen MR) is 115 cm³/mol. The summed E-state index contributed by atoms with van der Waals surface area (Å²) < 4.78 is 69.5. The lowest BCUT2D eigenvalue weighted by Gasteiger charge is -2.40. The molecule has 33 heavy (non-hydrogen) atoms. The lowest BCUT2D eigenvalue weighted by atomic mass is 9.98. The summed E-state index contributed by atoms with van der Waals surface area (Å²) in [6.45, 7) is 3.35. The summed E-state index contributed by atoms with van der Waals surface area (Å²) in [5, 5.41) is 2.87. The van der Waals surface area contributed by atoms with Gasteiger partial charge in [0, 0.05) is 30.2 Å². The minimum absolute atomic E-state index is 0.0771. The van der Waals surface area contributed by atoms with E-state index in [4.69, 9.17) is 0 Å². The van der Waals surface area contributed by atoms with Crippen LogP contribution in [0.5, 0.6) is 0 Å².